The molecule has 0 unspecified atom stereocenters. The molecule has 1 heterocycles. The number of carbonyl (C=O) groups excluding carboxylic acids is 1. The number of rotatable bonds is 2. The fourth-order valence-corrected chi connectivity index (χ4v) is 1.57. The van der Waals surface area contributed by atoms with E-state index >= 15 is 0 Å². The number of benzene rings is 1. The predicted octanol–water partition coefficient (Wildman–Crippen LogP) is 2.76. The van der Waals surface area contributed by atoms with E-state index in [-0.39, 0.29) is 5.91 Å². The second-order valence-corrected chi connectivity index (χ2v) is 3.87. The van der Waals surface area contributed by atoms with Gasteiger partial charge in [-0.2, -0.15) is 0 Å². The zero-order valence-electron chi connectivity index (χ0n) is 9.14. The van der Waals surface area contributed by atoms with Gasteiger partial charge in [0.25, 0.3) is 0 Å². The molecule has 0 bridgehead atoms. The van der Waals surface area contributed by atoms with Gasteiger partial charge < -0.3 is 5.32 Å². The standard InChI is InChI=1S/C12H10ClN3O/c1-8(17)16-10-4-2-9(3-5-10)11-6-12(13)15-7-14-11/h2-7H,1H3,(H,16,17). The fraction of sp³-hybridized carbons (Fsp3) is 0.0833. The highest BCUT2D eigenvalue weighted by Gasteiger charge is 2.01. The minimum Gasteiger partial charge on any atom is -0.326 e. The molecule has 0 aliphatic carbocycles. The Morgan fingerprint density at radius 2 is 1.94 bits per heavy atom. The van der Waals surface area contributed by atoms with Gasteiger partial charge in [0.15, 0.2) is 0 Å². The van der Waals surface area contributed by atoms with Crippen LogP contribution in [0.15, 0.2) is 36.7 Å². The summed E-state index contributed by atoms with van der Waals surface area (Å²) in [7, 11) is 0. The number of hydrogen-bond donors (Lipinski definition) is 1. The topological polar surface area (TPSA) is 54.9 Å². The number of nitrogens with zero attached hydrogens (tertiary/aromatic N) is 2. The summed E-state index contributed by atoms with van der Waals surface area (Å²) in [6, 6.07) is 9.04. The van der Waals surface area contributed by atoms with Crippen molar-refractivity contribution in [2.45, 2.75) is 6.92 Å². The maximum atomic E-state index is 10.9. The average molecular weight is 248 g/mol. The van der Waals surface area contributed by atoms with Crippen molar-refractivity contribution in [3.63, 3.8) is 0 Å². The third kappa shape index (κ3) is 3.01. The molecule has 2 aromatic rings. The number of anilines is 1. The van der Waals surface area contributed by atoms with Crippen LogP contribution in [-0.4, -0.2) is 15.9 Å². The van der Waals surface area contributed by atoms with Gasteiger partial charge in [-0.25, -0.2) is 9.97 Å². The number of halogens is 1. The number of nitrogens with one attached hydrogen (secondary N) is 1. The number of amides is 1. The first-order valence-electron chi connectivity index (χ1n) is 5.01. The summed E-state index contributed by atoms with van der Waals surface area (Å²) >= 11 is 5.79. The van der Waals surface area contributed by atoms with Crippen LogP contribution in [0.3, 0.4) is 0 Å². The largest absolute Gasteiger partial charge is 0.326 e. The smallest absolute Gasteiger partial charge is 0.221 e. The highest BCUT2D eigenvalue weighted by molar-refractivity contribution is 6.29. The number of hydrogen-bond acceptors (Lipinski definition) is 3. The van der Waals surface area contributed by atoms with E-state index in [1.54, 1.807) is 6.07 Å². The molecule has 1 N–H and O–H groups in total. The molecule has 1 aromatic carbocycles. The van der Waals surface area contributed by atoms with E-state index in [1.165, 1.54) is 13.3 Å². The molecule has 2 rings (SSSR count). The van der Waals surface area contributed by atoms with E-state index in [2.05, 4.69) is 15.3 Å². The molecule has 0 spiro atoms. The van der Waals surface area contributed by atoms with Crippen molar-refractivity contribution in [3.05, 3.63) is 41.8 Å². The van der Waals surface area contributed by atoms with Crippen LogP contribution in [0.25, 0.3) is 11.3 Å². The van der Waals surface area contributed by atoms with Crippen LogP contribution in [0, 0.1) is 0 Å². The summed E-state index contributed by atoms with van der Waals surface area (Å²) in [5, 5.41) is 3.10. The lowest BCUT2D eigenvalue weighted by Gasteiger charge is -2.04. The normalized spacial score (nSPS) is 10.0. The zero-order valence-corrected chi connectivity index (χ0v) is 9.90. The molecule has 0 fully saturated rings. The van der Waals surface area contributed by atoms with E-state index in [4.69, 9.17) is 11.6 Å². The van der Waals surface area contributed by atoms with Gasteiger partial charge >= 0.3 is 0 Å². The highest BCUT2D eigenvalue weighted by atomic mass is 35.5. The Labute approximate surface area is 104 Å². The van der Waals surface area contributed by atoms with Gasteiger partial charge in [-0.1, -0.05) is 23.7 Å². The first kappa shape index (κ1) is 11.5. The molecule has 17 heavy (non-hydrogen) atoms. The van der Waals surface area contributed by atoms with Gasteiger partial charge in [-0.15, -0.1) is 0 Å². The lowest BCUT2D eigenvalue weighted by Crippen LogP contribution is -2.05. The third-order valence-corrected chi connectivity index (χ3v) is 2.34. The van der Waals surface area contributed by atoms with Crippen molar-refractivity contribution < 1.29 is 4.79 Å². The SMILES string of the molecule is CC(=O)Nc1ccc(-c2cc(Cl)ncn2)cc1. The average Bonchev–Trinajstić information content (AvgIpc) is 2.29. The molecule has 0 aliphatic rings. The molecular formula is C12H10ClN3O. The summed E-state index contributed by atoms with van der Waals surface area (Å²) < 4.78 is 0. The Kier molecular flexibility index (Phi) is 3.35. The van der Waals surface area contributed by atoms with Crippen LogP contribution in [0.4, 0.5) is 5.69 Å². The van der Waals surface area contributed by atoms with Crippen LogP contribution in [0.2, 0.25) is 5.15 Å². The maximum Gasteiger partial charge on any atom is 0.221 e. The molecular weight excluding hydrogens is 238 g/mol. The van der Waals surface area contributed by atoms with E-state index in [9.17, 15) is 4.79 Å². The van der Waals surface area contributed by atoms with Gasteiger partial charge in [-0.05, 0) is 12.1 Å². The highest BCUT2D eigenvalue weighted by Crippen LogP contribution is 2.20. The van der Waals surface area contributed by atoms with Crippen LogP contribution < -0.4 is 5.32 Å². The quantitative estimate of drug-likeness (QED) is 0.831. The Hall–Kier alpha value is -1.94. The second kappa shape index (κ2) is 4.93. The van der Waals surface area contributed by atoms with Crippen LogP contribution >= 0.6 is 11.6 Å². The van der Waals surface area contributed by atoms with Crippen molar-refractivity contribution in [2.75, 3.05) is 5.32 Å². The minimum atomic E-state index is -0.0946. The zero-order chi connectivity index (χ0) is 12.3. The number of carbonyl (C=O) groups is 1. The third-order valence-electron chi connectivity index (χ3n) is 2.13. The minimum absolute atomic E-state index is 0.0946. The van der Waals surface area contributed by atoms with Crippen molar-refractivity contribution in [1.82, 2.24) is 9.97 Å². The van der Waals surface area contributed by atoms with Crippen molar-refractivity contribution >= 4 is 23.2 Å². The summed E-state index contributed by atoms with van der Waals surface area (Å²) in [6.45, 7) is 1.47. The molecule has 0 saturated carbocycles. The van der Waals surface area contributed by atoms with Gasteiger partial charge in [0.1, 0.15) is 11.5 Å². The molecule has 0 atom stereocenters. The second-order valence-electron chi connectivity index (χ2n) is 3.48. The van der Waals surface area contributed by atoms with Crippen LogP contribution in [0.1, 0.15) is 6.92 Å². The fourth-order valence-electron chi connectivity index (χ4n) is 1.42. The van der Waals surface area contributed by atoms with E-state index in [0.29, 0.717) is 5.15 Å². The first-order valence-corrected chi connectivity index (χ1v) is 5.38. The summed E-state index contributed by atoms with van der Waals surface area (Å²) in [4.78, 5) is 18.8. The van der Waals surface area contributed by atoms with E-state index < -0.39 is 0 Å². The van der Waals surface area contributed by atoms with Crippen LogP contribution in [-0.2, 0) is 4.79 Å². The Bertz CT molecular complexity index is 540. The molecule has 86 valence electrons. The Morgan fingerprint density at radius 3 is 2.53 bits per heavy atom. The monoisotopic (exact) mass is 247 g/mol. The lowest BCUT2D eigenvalue weighted by molar-refractivity contribution is -0.114. The van der Waals surface area contributed by atoms with E-state index in [1.807, 2.05) is 24.3 Å². The van der Waals surface area contributed by atoms with Gasteiger partial charge in [0.2, 0.25) is 5.91 Å². The van der Waals surface area contributed by atoms with Gasteiger partial charge in [-0.3, -0.25) is 4.79 Å². The summed E-state index contributed by atoms with van der Waals surface area (Å²) in [6.07, 6.45) is 1.42. The van der Waals surface area contributed by atoms with Crippen LogP contribution in [0.5, 0.6) is 0 Å². The first-order chi connectivity index (χ1) is 8.15. The Balaban J connectivity index is 2.26. The van der Waals surface area contributed by atoms with Crippen molar-refractivity contribution in [2.24, 2.45) is 0 Å². The van der Waals surface area contributed by atoms with E-state index in [0.717, 1.165) is 16.9 Å². The molecule has 0 aliphatic heterocycles. The van der Waals surface area contributed by atoms with Gasteiger partial charge in [0.05, 0.1) is 5.69 Å². The lowest BCUT2D eigenvalue weighted by atomic mass is 10.1. The Morgan fingerprint density at radius 1 is 1.24 bits per heavy atom. The molecule has 1 amide bonds. The summed E-state index contributed by atoms with van der Waals surface area (Å²) in [5.41, 5.74) is 2.42. The summed E-state index contributed by atoms with van der Waals surface area (Å²) in [5.74, 6) is -0.0946. The van der Waals surface area contributed by atoms with Gasteiger partial charge in [0, 0.05) is 24.2 Å². The predicted molar refractivity (Wildman–Crippen MR) is 66.8 cm³/mol. The van der Waals surface area contributed by atoms with Crippen molar-refractivity contribution in [1.29, 1.82) is 0 Å². The molecule has 0 saturated heterocycles. The molecule has 4 nitrogen and oxygen atoms in total. The van der Waals surface area contributed by atoms with Crippen molar-refractivity contribution in [3.8, 4) is 11.3 Å². The molecule has 1 aromatic heterocycles. The molecule has 5 heteroatoms. The number of aromatic nitrogens is 2. The maximum absolute atomic E-state index is 10.9. The molecule has 0 radical (unpaired) electrons.